The predicted octanol–water partition coefficient (Wildman–Crippen LogP) is 0.167. The van der Waals surface area contributed by atoms with Crippen LogP contribution >= 0.6 is 11.8 Å². The highest BCUT2D eigenvalue weighted by molar-refractivity contribution is 7.99. The van der Waals surface area contributed by atoms with Crippen LogP contribution in [0.1, 0.15) is 13.8 Å². The van der Waals surface area contributed by atoms with Crippen molar-refractivity contribution in [2.75, 3.05) is 11.5 Å². The highest BCUT2D eigenvalue weighted by Gasteiger charge is 2.27. The van der Waals surface area contributed by atoms with E-state index in [9.17, 15) is 4.79 Å². The molecule has 0 aliphatic carbocycles. The highest BCUT2D eigenvalue weighted by Crippen LogP contribution is 2.28. The first kappa shape index (κ1) is 12.7. The quantitative estimate of drug-likeness (QED) is 0.300. The summed E-state index contributed by atoms with van der Waals surface area (Å²) >= 11 is 1.38. The summed E-state index contributed by atoms with van der Waals surface area (Å²) in [5.74, 6) is 5.77. The van der Waals surface area contributed by atoms with Crippen LogP contribution in [0.4, 0.5) is 5.82 Å². The van der Waals surface area contributed by atoms with E-state index in [1.807, 2.05) is 0 Å². The van der Waals surface area contributed by atoms with E-state index in [4.69, 9.17) is 11.6 Å². The van der Waals surface area contributed by atoms with E-state index in [-0.39, 0.29) is 5.91 Å². The molecule has 0 bridgehead atoms. The number of thioether (sulfide) groups is 1. The Morgan fingerprint density at radius 2 is 2.12 bits per heavy atom. The summed E-state index contributed by atoms with van der Waals surface area (Å²) in [5.41, 5.74) is 7.20. The largest absolute Gasteiger partial charge is 0.381 e. The first-order valence-electron chi connectivity index (χ1n) is 4.67. The minimum atomic E-state index is -0.580. The molecule has 88 valence electrons. The third kappa shape index (κ3) is 3.07. The molecule has 0 aliphatic rings. The molecule has 5 N–H and O–H groups in total. The van der Waals surface area contributed by atoms with Gasteiger partial charge >= 0.3 is 0 Å². The Balaban J connectivity index is 2.65. The molecule has 0 atom stereocenters. The number of hydrogen-bond donors (Lipinski definition) is 3. The van der Waals surface area contributed by atoms with Crippen molar-refractivity contribution in [3.05, 3.63) is 12.4 Å². The Morgan fingerprint density at radius 1 is 1.50 bits per heavy atom. The van der Waals surface area contributed by atoms with Gasteiger partial charge in [-0.3, -0.25) is 10.2 Å². The van der Waals surface area contributed by atoms with Gasteiger partial charge in [-0.05, 0) is 0 Å². The Bertz CT molecular complexity index is 382. The molecular weight excluding hydrogens is 226 g/mol. The van der Waals surface area contributed by atoms with Gasteiger partial charge in [-0.1, -0.05) is 13.8 Å². The number of carbonyl (C=O) groups is 1. The van der Waals surface area contributed by atoms with Crippen LogP contribution in [0.25, 0.3) is 0 Å². The molecule has 0 fully saturated rings. The number of hydrogen-bond acceptors (Lipinski definition) is 6. The molecule has 0 unspecified atom stereocenters. The Labute approximate surface area is 98.2 Å². The average molecular weight is 241 g/mol. The lowest BCUT2D eigenvalue weighted by atomic mass is 9.96. The van der Waals surface area contributed by atoms with Gasteiger partial charge < -0.3 is 5.73 Å². The van der Waals surface area contributed by atoms with Crippen LogP contribution in [-0.2, 0) is 4.79 Å². The topological polar surface area (TPSA) is 107 Å². The van der Waals surface area contributed by atoms with Crippen molar-refractivity contribution >= 4 is 23.5 Å². The fraction of sp³-hybridized carbons (Fsp3) is 0.444. The van der Waals surface area contributed by atoms with Crippen molar-refractivity contribution in [3.8, 4) is 0 Å². The third-order valence-corrected chi connectivity index (χ3v) is 3.46. The maximum Gasteiger partial charge on any atom is 0.240 e. The zero-order valence-electron chi connectivity index (χ0n) is 9.23. The lowest BCUT2D eigenvalue weighted by Gasteiger charge is -2.21. The molecule has 1 aromatic heterocycles. The van der Waals surface area contributed by atoms with Crippen LogP contribution in [0, 0.1) is 5.41 Å². The highest BCUT2D eigenvalue weighted by atomic mass is 32.2. The number of nitrogens with zero attached hydrogens (tertiary/aromatic N) is 2. The Hall–Kier alpha value is -1.34. The lowest BCUT2D eigenvalue weighted by Crippen LogP contribution is -2.42. The van der Waals surface area contributed by atoms with Crippen LogP contribution in [0.5, 0.6) is 0 Å². The van der Waals surface area contributed by atoms with E-state index in [1.165, 1.54) is 18.0 Å². The van der Waals surface area contributed by atoms with Crippen molar-refractivity contribution in [1.82, 2.24) is 15.4 Å². The van der Waals surface area contributed by atoms with Gasteiger partial charge in [-0.2, -0.15) is 0 Å². The van der Waals surface area contributed by atoms with E-state index in [2.05, 4.69) is 15.4 Å². The average Bonchev–Trinajstić information content (AvgIpc) is 2.27. The summed E-state index contributed by atoms with van der Waals surface area (Å²) in [4.78, 5) is 19.4. The van der Waals surface area contributed by atoms with E-state index in [0.29, 0.717) is 16.6 Å². The Morgan fingerprint density at radius 3 is 2.69 bits per heavy atom. The standard InChI is InChI=1S/C9H15N5OS/c1-9(2,8(15)14-11)5-16-7-6(10)12-3-4-13-7/h3-4H,5,11H2,1-2H3,(H2,10,12)(H,14,15). The van der Waals surface area contributed by atoms with Gasteiger partial charge in [-0.25, -0.2) is 15.8 Å². The fourth-order valence-electron chi connectivity index (χ4n) is 0.957. The lowest BCUT2D eigenvalue weighted by molar-refractivity contribution is -0.128. The summed E-state index contributed by atoms with van der Waals surface area (Å²) in [5, 5.41) is 0.625. The molecule has 16 heavy (non-hydrogen) atoms. The summed E-state index contributed by atoms with van der Waals surface area (Å²) in [6.45, 7) is 3.60. The maximum absolute atomic E-state index is 11.4. The number of hydrazine groups is 1. The van der Waals surface area contributed by atoms with Crippen molar-refractivity contribution in [2.45, 2.75) is 18.9 Å². The second kappa shape index (κ2) is 5.13. The third-order valence-electron chi connectivity index (χ3n) is 2.01. The number of nitrogens with two attached hydrogens (primary N) is 2. The van der Waals surface area contributed by atoms with Gasteiger partial charge in [0.1, 0.15) is 5.03 Å². The molecule has 1 amide bonds. The Kier molecular flexibility index (Phi) is 4.08. The molecule has 0 aliphatic heterocycles. The van der Waals surface area contributed by atoms with Gasteiger partial charge in [0.15, 0.2) is 5.82 Å². The molecule has 7 heteroatoms. The number of rotatable bonds is 4. The first-order chi connectivity index (χ1) is 7.47. The van der Waals surface area contributed by atoms with E-state index in [1.54, 1.807) is 20.0 Å². The monoisotopic (exact) mass is 241 g/mol. The van der Waals surface area contributed by atoms with Crippen LogP contribution in [0.3, 0.4) is 0 Å². The van der Waals surface area contributed by atoms with Crippen molar-refractivity contribution < 1.29 is 4.79 Å². The predicted molar refractivity (Wildman–Crippen MR) is 63.3 cm³/mol. The van der Waals surface area contributed by atoms with Crippen molar-refractivity contribution in [3.63, 3.8) is 0 Å². The number of carbonyl (C=O) groups excluding carboxylic acids is 1. The molecule has 0 radical (unpaired) electrons. The smallest absolute Gasteiger partial charge is 0.240 e. The van der Waals surface area contributed by atoms with Gasteiger partial charge in [0.05, 0.1) is 5.41 Å². The van der Waals surface area contributed by atoms with E-state index in [0.717, 1.165) is 0 Å². The number of anilines is 1. The molecule has 1 aromatic rings. The van der Waals surface area contributed by atoms with Crippen LogP contribution in [0.15, 0.2) is 17.4 Å². The summed E-state index contributed by atoms with van der Waals surface area (Å²) in [6, 6.07) is 0. The molecule has 1 rings (SSSR count). The molecule has 0 aromatic carbocycles. The molecule has 0 saturated heterocycles. The van der Waals surface area contributed by atoms with Gasteiger partial charge in [-0.15, -0.1) is 11.8 Å². The SMILES string of the molecule is CC(C)(CSc1nccnc1N)C(=O)NN. The van der Waals surface area contributed by atoms with Gasteiger partial charge in [0.2, 0.25) is 5.91 Å². The number of nitrogen functional groups attached to an aromatic ring is 1. The number of aromatic nitrogens is 2. The molecule has 6 nitrogen and oxygen atoms in total. The van der Waals surface area contributed by atoms with Crippen LogP contribution in [-0.4, -0.2) is 21.6 Å². The van der Waals surface area contributed by atoms with E-state index < -0.39 is 5.41 Å². The summed E-state index contributed by atoms with van der Waals surface area (Å²) in [6.07, 6.45) is 3.09. The maximum atomic E-state index is 11.4. The normalized spacial score (nSPS) is 11.2. The van der Waals surface area contributed by atoms with Gasteiger partial charge in [0, 0.05) is 18.1 Å². The molecule has 0 spiro atoms. The second-order valence-electron chi connectivity index (χ2n) is 3.89. The minimum absolute atomic E-state index is 0.220. The van der Waals surface area contributed by atoms with Crippen LogP contribution < -0.4 is 17.0 Å². The van der Waals surface area contributed by atoms with E-state index >= 15 is 0 Å². The molecule has 0 saturated carbocycles. The molecular formula is C9H15N5OS. The summed E-state index contributed by atoms with van der Waals surface area (Å²) < 4.78 is 0. The first-order valence-corrected chi connectivity index (χ1v) is 5.66. The minimum Gasteiger partial charge on any atom is -0.381 e. The van der Waals surface area contributed by atoms with Crippen LogP contribution in [0.2, 0.25) is 0 Å². The molecule has 1 heterocycles. The van der Waals surface area contributed by atoms with Gasteiger partial charge in [0.25, 0.3) is 0 Å². The van der Waals surface area contributed by atoms with Crippen molar-refractivity contribution in [1.29, 1.82) is 0 Å². The zero-order valence-corrected chi connectivity index (χ0v) is 10.0. The van der Waals surface area contributed by atoms with Crippen molar-refractivity contribution in [2.24, 2.45) is 11.3 Å². The fourth-order valence-corrected chi connectivity index (χ4v) is 1.92. The number of amides is 1. The zero-order chi connectivity index (χ0) is 12.2. The number of nitrogens with one attached hydrogen (secondary N) is 1. The summed E-state index contributed by atoms with van der Waals surface area (Å²) in [7, 11) is 0. The second-order valence-corrected chi connectivity index (χ2v) is 4.86.